The Bertz CT molecular complexity index is 1080. The number of aromatic amines is 1. The summed E-state index contributed by atoms with van der Waals surface area (Å²) in [6.45, 7) is 0.307. The Balaban J connectivity index is 2.00. The molecule has 0 radical (unpaired) electrons. The Hall–Kier alpha value is -2.58. The second kappa shape index (κ2) is 5.81. The molecule has 24 heavy (non-hydrogen) atoms. The number of hydrogen-bond acceptors (Lipinski definition) is 5. The Labute approximate surface area is 141 Å². The van der Waals surface area contributed by atoms with Gasteiger partial charge in [0.2, 0.25) is 5.78 Å². The molecule has 8 heteroatoms. The smallest absolute Gasteiger partial charge is 0.287 e. The summed E-state index contributed by atoms with van der Waals surface area (Å²) in [7, 11) is 0. The van der Waals surface area contributed by atoms with Crippen LogP contribution in [0.2, 0.25) is 0 Å². The maximum Gasteiger partial charge on any atom is 0.287 e. The number of nitrogens with one attached hydrogen (secondary N) is 1. The van der Waals surface area contributed by atoms with Gasteiger partial charge >= 0.3 is 0 Å². The van der Waals surface area contributed by atoms with Crippen LogP contribution in [0.1, 0.15) is 0 Å². The second-order valence-electron chi connectivity index (χ2n) is 5.29. The largest absolute Gasteiger partial charge is 0.395 e. The number of benzene rings is 1. The molecule has 0 bridgehead atoms. The maximum atomic E-state index is 12.8. The van der Waals surface area contributed by atoms with E-state index in [1.54, 1.807) is 10.8 Å². The van der Waals surface area contributed by atoms with Gasteiger partial charge in [0.05, 0.1) is 12.3 Å². The lowest BCUT2D eigenvalue weighted by Crippen LogP contribution is -2.14. The summed E-state index contributed by atoms with van der Waals surface area (Å²) >= 11 is 1.42. The average molecular weight is 341 g/mol. The molecule has 0 amide bonds. The molecule has 4 rings (SSSR count). The molecule has 2 N–H and O–H groups in total. The van der Waals surface area contributed by atoms with E-state index in [-0.39, 0.29) is 12.2 Å². The Morgan fingerprint density at radius 1 is 1.25 bits per heavy atom. The van der Waals surface area contributed by atoms with Gasteiger partial charge in [-0.15, -0.1) is 0 Å². The number of hydrogen-bond donors (Lipinski definition) is 2. The lowest BCUT2D eigenvalue weighted by molar-refractivity contribution is 0.273. The predicted octanol–water partition coefficient (Wildman–Crippen LogP) is 1.75. The number of fused-ring (bicyclic) bond motifs is 2. The summed E-state index contributed by atoms with van der Waals surface area (Å²) in [6, 6.07) is 9.75. The van der Waals surface area contributed by atoms with Crippen molar-refractivity contribution in [2.45, 2.75) is 11.7 Å². The molecule has 0 saturated carbocycles. The first-order valence-electron chi connectivity index (χ1n) is 7.45. The van der Waals surface area contributed by atoms with Crippen molar-refractivity contribution in [3.63, 3.8) is 0 Å². The van der Waals surface area contributed by atoms with Crippen LogP contribution in [0.25, 0.3) is 28.2 Å². The Morgan fingerprint density at radius 3 is 2.75 bits per heavy atom. The molecule has 122 valence electrons. The van der Waals surface area contributed by atoms with Crippen molar-refractivity contribution in [3.05, 3.63) is 46.9 Å². The quantitative estimate of drug-likeness (QED) is 0.552. The van der Waals surface area contributed by atoms with E-state index in [9.17, 15) is 9.90 Å². The van der Waals surface area contributed by atoms with Crippen molar-refractivity contribution in [1.82, 2.24) is 23.9 Å². The summed E-state index contributed by atoms with van der Waals surface area (Å²) < 4.78 is 3.25. The van der Waals surface area contributed by atoms with Crippen LogP contribution in [0.15, 0.2) is 46.5 Å². The second-order valence-corrected chi connectivity index (χ2v) is 6.06. The minimum atomic E-state index is -0.222. The number of imidazole rings is 2. The molecular formula is C16H15N5O2S. The first-order chi connectivity index (χ1) is 11.7. The number of H-pyrrole nitrogens is 1. The van der Waals surface area contributed by atoms with Gasteiger partial charge < -0.3 is 14.7 Å². The number of aromatic nitrogens is 5. The van der Waals surface area contributed by atoms with Crippen molar-refractivity contribution in [1.29, 1.82) is 0 Å². The van der Waals surface area contributed by atoms with Gasteiger partial charge in [-0.05, 0) is 11.8 Å². The standard InChI is InChI=1S/C16H15N5O2S/c1-24-16-18-12-13(20(16)7-8-22)19-15-17-11(9-21(15)14(12)23)10-5-3-2-4-6-10/h2-6,9,22H,7-8H2,1H3,(H,17,19). The van der Waals surface area contributed by atoms with E-state index >= 15 is 0 Å². The van der Waals surface area contributed by atoms with Crippen LogP contribution in [-0.2, 0) is 6.54 Å². The molecule has 0 atom stereocenters. The first-order valence-corrected chi connectivity index (χ1v) is 8.67. The van der Waals surface area contributed by atoms with E-state index in [4.69, 9.17) is 0 Å². The molecule has 0 fully saturated rings. The van der Waals surface area contributed by atoms with E-state index in [1.165, 1.54) is 16.2 Å². The van der Waals surface area contributed by atoms with Crippen LogP contribution >= 0.6 is 11.8 Å². The van der Waals surface area contributed by atoms with Gasteiger partial charge in [-0.2, -0.15) is 4.98 Å². The molecule has 0 unspecified atom stereocenters. The highest BCUT2D eigenvalue weighted by atomic mass is 32.2. The van der Waals surface area contributed by atoms with Gasteiger partial charge in [0.25, 0.3) is 5.56 Å². The summed E-state index contributed by atoms with van der Waals surface area (Å²) in [5.74, 6) is 0.457. The number of aliphatic hydroxyl groups excluding tert-OH is 1. The summed E-state index contributed by atoms with van der Waals surface area (Å²) in [5.41, 5.74) is 2.36. The zero-order valence-electron chi connectivity index (χ0n) is 12.9. The third kappa shape index (κ3) is 2.22. The normalized spacial score (nSPS) is 11.6. The van der Waals surface area contributed by atoms with Crippen molar-refractivity contribution in [2.75, 3.05) is 12.9 Å². The fraction of sp³-hybridized carbons (Fsp3) is 0.188. The molecule has 3 aromatic heterocycles. The molecule has 0 aliphatic carbocycles. The molecule has 0 spiro atoms. The zero-order chi connectivity index (χ0) is 16.7. The predicted molar refractivity (Wildman–Crippen MR) is 93.4 cm³/mol. The highest BCUT2D eigenvalue weighted by Gasteiger charge is 2.17. The van der Waals surface area contributed by atoms with Gasteiger partial charge in [-0.3, -0.25) is 4.79 Å². The fourth-order valence-corrected chi connectivity index (χ4v) is 3.34. The molecule has 7 nitrogen and oxygen atoms in total. The van der Waals surface area contributed by atoms with Crippen molar-refractivity contribution in [2.24, 2.45) is 0 Å². The SMILES string of the molecule is CSc1nc2c(=O)n3cc(-c4ccccc4)[nH]c3nc2n1CCO. The van der Waals surface area contributed by atoms with Crippen LogP contribution < -0.4 is 5.56 Å². The van der Waals surface area contributed by atoms with E-state index in [2.05, 4.69) is 15.0 Å². The van der Waals surface area contributed by atoms with Gasteiger partial charge in [0.1, 0.15) is 0 Å². The summed E-state index contributed by atoms with van der Waals surface area (Å²) in [6.07, 6.45) is 3.62. The van der Waals surface area contributed by atoms with E-state index < -0.39 is 0 Å². The summed E-state index contributed by atoms with van der Waals surface area (Å²) in [4.78, 5) is 24.9. The lowest BCUT2D eigenvalue weighted by Gasteiger charge is -2.03. The number of thioether (sulfide) groups is 1. The molecule has 3 heterocycles. The van der Waals surface area contributed by atoms with Crippen LogP contribution in [0.3, 0.4) is 0 Å². The average Bonchev–Trinajstić information content (AvgIpc) is 3.19. The van der Waals surface area contributed by atoms with Crippen molar-refractivity contribution in [3.8, 4) is 11.3 Å². The van der Waals surface area contributed by atoms with Gasteiger partial charge in [0.15, 0.2) is 16.3 Å². The van der Waals surface area contributed by atoms with Crippen molar-refractivity contribution < 1.29 is 5.11 Å². The van der Waals surface area contributed by atoms with Crippen molar-refractivity contribution >= 4 is 28.7 Å². The first kappa shape index (κ1) is 15.0. The highest BCUT2D eigenvalue weighted by Crippen LogP contribution is 2.21. The minimum Gasteiger partial charge on any atom is -0.395 e. The van der Waals surface area contributed by atoms with Crippen LogP contribution in [0, 0.1) is 0 Å². The zero-order valence-corrected chi connectivity index (χ0v) is 13.7. The maximum absolute atomic E-state index is 12.8. The van der Waals surface area contributed by atoms with Crippen LogP contribution in [0.4, 0.5) is 0 Å². The van der Waals surface area contributed by atoms with E-state index in [0.717, 1.165) is 11.3 Å². The molecular weight excluding hydrogens is 326 g/mol. The molecule has 1 aromatic carbocycles. The Kier molecular flexibility index (Phi) is 3.62. The van der Waals surface area contributed by atoms with E-state index in [1.807, 2.05) is 36.6 Å². The topological polar surface area (TPSA) is 88.2 Å². The lowest BCUT2D eigenvalue weighted by atomic mass is 10.2. The highest BCUT2D eigenvalue weighted by molar-refractivity contribution is 7.98. The Morgan fingerprint density at radius 2 is 2.04 bits per heavy atom. The molecule has 4 aromatic rings. The molecule has 0 saturated heterocycles. The summed E-state index contributed by atoms with van der Waals surface area (Å²) in [5, 5.41) is 9.94. The van der Waals surface area contributed by atoms with Gasteiger partial charge in [0, 0.05) is 12.7 Å². The van der Waals surface area contributed by atoms with Gasteiger partial charge in [-0.1, -0.05) is 42.1 Å². The number of rotatable bonds is 4. The fourth-order valence-electron chi connectivity index (χ4n) is 2.76. The minimum absolute atomic E-state index is 0.0416. The monoisotopic (exact) mass is 341 g/mol. The molecule has 0 aliphatic heterocycles. The van der Waals surface area contributed by atoms with Crippen LogP contribution in [0.5, 0.6) is 0 Å². The van der Waals surface area contributed by atoms with E-state index in [0.29, 0.717) is 28.6 Å². The molecule has 0 aliphatic rings. The third-order valence-corrected chi connectivity index (χ3v) is 4.54. The number of aliphatic hydroxyl groups is 1. The number of nitrogens with zero attached hydrogens (tertiary/aromatic N) is 4. The van der Waals surface area contributed by atoms with Crippen LogP contribution in [-0.4, -0.2) is 41.9 Å². The van der Waals surface area contributed by atoms with Gasteiger partial charge in [-0.25, -0.2) is 9.38 Å². The third-order valence-electron chi connectivity index (χ3n) is 3.86.